The molecule has 0 saturated carbocycles. The van der Waals surface area contributed by atoms with Crippen molar-refractivity contribution in [2.45, 2.75) is 6.92 Å². The minimum Gasteiger partial charge on any atom is -0.464 e. The molecular weight excluding hydrogens is 180 g/mol. The fraction of sp³-hybridized carbons (Fsp3) is 0.273. The van der Waals surface area contributed by atoms with Gasteiger partial charge >= 0.3 is 0 Å². The lowest BCUT2D eigenvalue weighted by Crippen LogP contribution is -1.98. The highest BCUT2D eigenvalue weighted by molar-refractivity contribution is 5.83. The topological polar surface area (TPSA) is 31.6 Å². The summed E-state index contributed by atoms with van der Waals surface area (Å²) in [7, 11) is 1.59. The summed E-state index contributed by atoms with van der Waals surface area (Å²) in [4.78, 5) is 0. The molecule has 0 radical (unpaired) electrons. The number of ether oxygens (including phenoxy) is 2. The van der Waals surface area contributed by atoms with Crippen molar-refractivity contribution < 1.29 is 13.9 Å². The molecule has 14 heavy (non-hydrogen) atoms. The minimum atomic E-state index is 0.235. The minimum absolute atomic E-state index is 0.235. The zero-order valence-electron chi connectivity index (χ0n) is 8.24. The Hall–Kier alpha value is -1.48. The van der Waals surface area contributed by atoms with E-state index < -0.39 is 0 Å². The van der Waals surface area contributed by atoms with Crippen LogP contribution in [0.25, 0.3) is 11.0 Å². The quantitative estimate of drug-likeness (QED) is 0.701. The zero-order chi connectivity index (χ0) is 9.97. The maximum absolute atomic E-state index is 5.52. The van der Waals surface area contributed by atoms with E-state index in [1.807, 2.05) is 31.2 Å². The summed E-state index contributed by atoms with van der Waals surface area (Å²) >= 11 is 0. The van der Waals surface area contributed by atoms with Gasteiger partial charge in [0.25, 0.3) is 0 Å². The van der Waals surface area contributed by atoms with Crippen LogP contribution in [0.15, 0.2) is 28.7 Å². The molecule has 0 saturated heterocycles. The van der Waals surface area contributed by atoms with E-state index in [2.05, 4.69) is 0 Å². The van der Waals surface area contributed by atoms with Crippen LogP contribution in [0.5, 0.6) is 5.75 Å². The Bertz CT molecular complexity index is 431. The van der Waals surface area contributed by atoms with Crippen molar-refractivity contribution in [3.05, 3.63) is 30.0 Å². The van der Waals surface area contributed by atoms with Crippen molar-refractivity contribution in [3.63, 3.8) is 0 Å². The molecule has 1 aromatic carbocycles. The fourth-order valence-corrected chi connectivity index (χ4v) is 1.40. The second-order valence-corrected chi connectivity index (χ2v) is 3.08. The van der Waals surface area contributed by atoms with Gasteiger partial charge in [-0.25, -0.2) is 0 Å². The average Bonchev–Trinajstić information content (AvgIpc) is 2.55. The van der Waals surface area contributed by atoms with Crippen molar-refractivity contribution in [2.24, 2.45) is 0 Å². The molecule has 0 spiro atoms. The molecule has 0 unspecified atom stereocenters. The van der Waals surface area contributed by atoms with Gasteiger partial charge in [-0.1, -0.05) is 12.1 Å². The molecular formula is C11H12O3. The van der Waals surface area contributed by atoms with Gasteiger partial charge < -0.3 is 13.9 Å². The largest absolute Gasteiger partial charge is 0.464 e. The number of benzene rings is 1. The summed E-state index contributed by atoms with van der Waals surface area (Å²) in [6.07, 6.45) is 0. The number of para-hydroxylation sites is 1. The lowest BCUT2D eigenvalue weighted by Gasteiger charge is -2.03. The Balaban J connectivity index is 2.42. The van der Waals surface area contributed by atoms with Gasteiger partial charge in [-0.05, 0) is 19.1 Å². The molecule has 2 aromatic rings. The standard InChI is InChI=1S/C11H12O3/c1-8-6-9-4-3-5-10(11(9)14-8)13-7-12-2/h3-6H,7H2,1-2H3. The number of aryl methyl sites for hydroxylation is 1. The molecule has 74 valence electrons. The molecule has 0 bridgehead atoms. The number of fused-ring (bicyclic) bond motifs is 1. The number of methoxy groups -OCH3 is 1. The van der Waals surface area contributed by atoms with Gasteiger partial charge in [0.05, 0.1) is 0 Å². The number of hydrogen-bond donors (Lipinski definition) is 0. The number of furan rings is 1. The van der Waals surface area contributed by atoms with Crippen LogP contribution in [0, 0.1) is 6.92 Å². The Morgan fingerprint density at radius 3 is 3.00 bits per heavy atom. The van der Waals surface area contributed by atoms with E-state index >= 15 is 0 Å². The Morgan fingerprint density at radius 2 is 2.21 bits per heavy atom. The van der Waals surface area contributed by atoms with Crippen LogP contribution < -0.4 is 4.74 Å². The van der Waals surface area contributed by atoms with Crippen molar-refractivity contribution in [1.29, 1.82) is 0 Å². The second kappa shape index (κ2) is 3.72. The monoisotopic (exact) mass is 192 g/mol. The summed E-state index contributed by atoms with van der Waals surface area (Å²) in [6, 6.07) is 7.77. The van der Waals surface area contributed by atoms with Crippen LogP contribution >= 0.6 is 0 Å². The van der Waals surface area contributed by atoms with E-state index in [1.165, 1.54) is 0 Å². The highest BCUT2D eigenvalue weighted by Crippen LogP contribution is 2.28. The molecule has 1 aromatic heterocycles. The van der Waals surface area contributed by atoms with Gasteiger partial charge in [-0.2, -0.15) is 0 Å². The fourth-order valence-electron chi connectivity index (χ4n) is 1.40. The summed E-state index contributed by atoms with van der Waals surface area (Å²) < 4.78 is 15.7. The Kier molecular flexibility index (Phi) is 2.41. The molecule has 1 heterocycles. The van der Waals surface area contributed by atoms with E-state index in [0.717, 1.165) is 22.5 Å². The van der Waals surface area contributed by atoms with Crippen LogP contribution in [-0.2, 0) is 4.74 Å². The van der Waals surface area contributed by atoms with Crippen LogP contribution in [0.2, 0.25) is 0 Å². The van der Waals surface area contributed by atoms with E-state index in [9.17, 15) is 0 Å². The first-order valence-electron chi connectivity index (χ1n) is 4.42. The molecule has 0 aliphatic rings. The molecule has 2 rings (SSSR count). The van der Waals surface area contributed by atoms with Gasteiger partial charge in [0.1, 0.15) is 5.76 Å². The van der Waals surface area contributed by atoms with Gasteiger partial charge in [0.15, 0.2) is 18.1 Å². The van der Waals surface area contributed by atoms with Crippen molar-refractivity contribution in [3.8, 4) is 5.75 Å². The average molecular weight is 192 g/mol. The first kappa shape index (κ1) is 9.09. The smallest absolute Gasteiger partial charge is 0.188 e. The van der Waals surface area contributed by atoms with E-state index in [-0.39, 0.29) is 6.79 Å². The third-order valence-corrected chi connectivity index (χ3v) is 1.96. The SMILES string of the molecule is COCOc1cccc2cc(C)oc12. The first-order valence-corrected chi connectivity index (χ1v) is 4.42. The molecule has 0 aliphatic carbocycles. The zero-order valence-corrected chi connectivity index (χ0v) is 8.24. The van der Waals surface area contributed by atoms with Crippen molar-refractivity contribution >= 4 is 11.0 Å². The highest BCUT2D eigenvalue weighted by Gasteiger charge is 2.06. The van der Waals surface area contributed by atoms with Crippen LogP contribution in [0.1, 0.15) is 5.76 Å². The summed E-state index contributed by atoms with van der Waals surface area (Å²) in [6.45, 7) is 2.15. The molecule has 0 amide bonds. The van der Waals surface area contributed by atoms with E-state index in [0.29, 0.717) is 0 Å². The lowest BCUT2D eigenvalue weighted by molar-refractivity contribution is 0.0515. The normalized spacial score (nSPS) is 10.7. The van der Waals surface area contributed by atoms with Crippen LogP contribution in [-0.4, -0.2) is 13.9 Å². The predicted molar refractivity (Wildman–Crippen MR) is 53.5 cm³/mol. The first-order chi connectivity index (χ1) is 6.81. The maximum atomic E-state index is 5.52. The summed E-state index contributed by atoms with van der Waals surface area (Å²) in [5, 5.41) is 1.05. The Labute approximate surface area is 82.2 Å². The van der Waals surface area contributed by atoms with E-state index in [1.54, 1.807) is 7.11 Å². The van der Waals surface area contributed by atoms with Gasteiger partial charge in [0.2, 0.25) is 0 Å². The highest BCUT2D eigenvalue weighted by atomic mass is 16.7. The second-order valence-electron chi connectivity index (χ2n) is 3.08. The molecule has 0 atom stereocenters. The molecule has 0 N–H and O–H groups in total. The molecule has 3 heteroatoms. The Morgan fingerprint density at radius 1 is 1.36 bits per heavy atom. The third kappa shape index (κ3) is 1.59. The summed E-state index contributed by atoms with van der Waals surface area (Å²) in [5.74, 6) is 1.60. The van der Waals surface area contributed by atoms with Crippen LogP contribution in [0.3, 0.4) is 0 Å². The molecule has 3 nitrogen and oxygen atoms in total. The van der Waals surface area contributed by atoms with Crippen molar-refractivity contribution in [1.82, 2.24) is 0 Å². The van der Waals surface area contributed by atoms with Crippen molar-refractivity contribution in [2.75, 3.05) is 13.9 Å². The lowest BCUT2D eigenvalue weighted by atomic mass is 10.2. The van der Waals surface area contributed by atoms with E-state index in [4.69, 9.17) is 13.9 Å². The van der Waals surface area contributed by atoms with Gasteiger partial charge in [-0.3, -0.25) is 0 Å². The van der Waals surface area contributed by atoms with Gasteiger partial charge in [-0.15, -0.1) is 0 Å². The number of rotatable bonds is 3. The molecule has 0 aliphatic heterocycles. The number of hydrogen-bond acceptors (Lipinski definition) is 3. The summed E-state index contributed by atoms with van der Waals surface area (Å²) in [5.41, 5.74) is 0.780. The molecule has 0 fully saturated rings. The maximum Gasteiger partial charge on any atom is 0.188 e. The third-order valence-electron chi connectivity index (χ3n) is 1.96. The predicted octanol–water partition coefficient (Wildman–Crippen LogP) is 2.72. The van der Waals surface area contributed by atoms with Gasteiger partial charge in [0, 0.05) is 12.5 Å². The van der Waals surface area contributed by atoms with Crippen LogP contribution in [0.4, 0.5) is 0 Å².